The molecule has 6 nitrogen and oxygen atoms in total. The van der Waals surface area contributed by atoms with Crippen LogP contribution in [0.1, 0.15) is 54.8 Å². The van der Waals surface area contributed by atoms with Crippen molar-refractivity contribution in [2.45, 2.75) is 44.3 Å². The summed E-state index contributed by atoms with van der Waals surface area (Å²) < 4.78 is 5.50. The van der Waals surface area contributed by atoms with Crippen molar-refractivity contribution in [3.63, 3.8) is 0 Å². The minimum atomic E-state index is -0.422. The topological polar surface area (TPSA) is 95.2 Å². The van der Waals surface area contributed by atoms with Crippen molar-refractivity contribution in [1.82, 2.24) is 10.3 Å². The second-order valence-electron chi connectivity index (χ2n) is 9.50. The molecule has 1 aliphatic heterocycles. The smallest absolute Gasteiger partial charge is 0.161 e. The Morgan fingerprint density at radius 3 is 2.84 bits per heavy atom. The predicted octanol–water partition coefficient (Wildman–Crippen LogP) is 6.42. The number of nitrogens with zero attached hydrogens (tertiary/aromatic N) is 2. The number of ether oxygens (including phenoxy) is 1. The summed E-state index contributed by atoms with van der Waals surface area (Å²) in [6.07, 6.45) is 6.90. The van der Waals surface area contributed by atoms with Crippen LogP contribution in [0.2, 0.25) is 0 Å². The average molecular weight is 566 g/mol. The van der Waals surface area contributed by atoms with E-state index in [1.807, 2.05) is 30.3 Å². The number of hydrogen-bond acceptors (Lipinski definition) is 8. The molecule has 0 saturated heterocycles. The number of aliphatic hydroxyl groups excluding tert-OH is 1. The molecule has 1 aromatic carbocycles. The van der Waals surface area contributed by atoms with Crippen molar-refractivity contribution in [2.24, 2.45) is 5.92 Å². The maximum atomic E-state index is 13.1. The number of aliphatic hydroxyl groups is 1. The Bertz CT molecular complexity index is 1400. The van der Waals surface area contributed by atoms with Crippen LogP contribution in [0.15, 0.2) is 68.7 Å². The van der Waals surface area contributed by atoms with Gasteiger partial charge < -0.3 is 15.2 Å². The fourth-order valence-electron chi connectivity index (χ4n) is 5.04. The molecule has 0 amide bonds. The lowest BCUT2D eigenvalue weighted by atomic mass is 9.77. The fraction of sp³-hybridized carbons (Fsp3) is 0.345. The lowest BCUT2D eigenvalue weighted by Gasteiger charge is -2.33. The minimum Gasteiger partial charge on any atom is -0.491 e. The van der Waals surface area contributed by atoms with E-state index >= 15 is 0 Å². The molecule has 3 aliphatic rings. The highest BCUT2D eigenvalue weighted by Gasteiger charge is 2.37. The molecule has 9 heteroatoms. The molecule has 0 fully saturated rings. The van der Waals surface area contributed by atoms with E-state index < -0.39 is 5.92 Å². The average Bonchev–Trinajstić information content (AvgIpc) is 3.39. The zero-order valence-electron chi connectivity index (χ0n) is 21.0. The quantitative estimate of drug-likeness (QED) is 0.381. The second kappa shape index (κ2) is 11.9. The highest BCUT2D eigenvalue weighted by atomic mass is 35.5. The number of ketones is 1. The summed E-state index contributed by atoms with van der Waals surface area (Å²) >= 11 is 9.37. The van der Waals surface area contributed by atoms with E-state index in [2.05, 4.69) is 29.8 Å². The molecule has 2 N–H and O–H groups in total. The lowest BCUT2D eigenvalue weighted by Crippen LogP contribution is -2.31. The van der Waals surface area contributed by atoms with Gasteiger partial charge in [-0.1, -0.05) is 36.7 Å². The number of halogens is 1. The normalized spacial score (nSPS) is 21.4. The van der Waals surface area contributed by atoms with Crippen LogP contribution < -0.4 is 10.1 Å². The van der Waals surface area contributed by atoms with Crippen molar-refractivity contribution in [3.05, 3.63) is 85.0 Å². The van der Waals surface area contributed by atoms with E-state index in [-0.39, 0.29) is 19.0 Å². The van der Waals surface area contributed by atoms with Crippen molar-refractivity contribution < 1.29 is 14.6 Å². The van der Waals surface area contributed by atoms with E-state index in [0.717, 1.165) is 51.3 Å². The SMILES string of the molecule is CC1CC(Cl)=CC=C1c1nc(CSC2=C(C#N)C(c3ccc(OCCO)cc3)C3=C(CCCC3=O)N2)cs1. The summed E-state index contributed by atoms with van der Waals surface area (Å²) in [6, 6.07) is 9.86. The number of nitriles is 1. The molecular weight excluding hydrogens is 538 g/mol. The van der Waals surface area contributed by atoms with Gasteiger partial charge in [0.05, 0.1) is 34.9 Å². The van der Waals surface area contributed by atoms with Crippen LogP contribution in [0.3, 0.4) is 0 Å². The minimum absolute atomic E-state index is 0.0643. The van der Waals surface area contributed by atoms with Gasteiger partial charge in [0.15, 0.2) is 5.78 Å². The van der Waals surface area contributed by atoms with Crippen LogP contribution in [0.5, 0.6) is 5.75 Å². The van der Waals surface area contributed by atoms with E-state index in [0.29, 0.717) is 35.0 Å². The summed E-state index contributed by atoms with van der Waals surface area (Å²) in [4.78, 5) is 17.9. The summed E-state index contributed by atoms with van der Waals surface area (Å²) in [5.74, 6) is 1.24. The van der Waals surface area contributed by atoms with Gasteiger partial charge in [-0.15, -0.1) is 23.1 Å². The molecule has 2 aromatic rings. The number of allylic oxidation sites excluding steroid dienone is 7. The van der Waals surface area contributed by atoms with Gasteiger partial charge in [-0.2, -0.15) is 5.26 Å². The number of nitrogens with one attached hydrogen (secondary N) is 1. The van der Waals surface area contributed by atoms with E-state index in [1.54, 1.807) is 23.1 Å². The second-order valence-corrected chi connectivity index (χ2v) is 11.8. The number of hydrogen-bond donors (Lipinski definition) is 2. The Labute approximate surface area is 235 Å². The van der Waals surface area contributed by atoms with Gasteiger partial charge >= 0.3 is 0 Å². The number of Topliss-reactive ketones (excluding diaryl/α,β-unsaturated/α-hetero) is 1. The Kier molecular flexibility index (Phi) is 8.39. The zero-order chi connectivity index (χ0) is 26.6. The third-order valence-electron chi connectivity index (χ3n) is 6.88. The van der Waals surface area contributed by atoms with Crippen LogP contribution in [0.25, 0.3) is 5.57 Å². The Morgan fingerprint density at radius 2 is 2.11 bits per heavy atom. The van der Waals surface area contributed by atoms with E-state index in [1.165, 1.54) is 5.57 Å². The molecule has 0 radical (unpaired) electrons. The summed E-state index contributed by atoms with van der Waals surface area (Å²) in [5.41, 5.74) is 5.19. The monoisotopic (exact) mass is 565 g/mol. The molecule has 38 heavy (non-hydrogen) atoms. The molecule has 2 heterocycles. The van der Waals surface area contributed by atoms with Gasteiger partial charge in [0, 0.05) is 33.9 Å². The fourth-order valence-corrected chi connectivity index (χ4v) is 7.35. The van der Waals surface area contributed by atoms with Gasteiger partial charge in [0.1, 0.15) is 17.4 Å². The number of carbonyl (C=O) groups is 1. The third kappa shape index (κ3) is 5.62. The van der Waals surface area contributed by atoms with Crippen LogP contribution >= 0.6 is 34.7 Å². The Hall–Kier alpha value is -2.83. The lowest BCUT2D eigenvalue weighted by molar-refractivity contribution is -0.116. The van der Waals surface area contributed by atoms with Crippen LogP contribution in [-0.4, -0.2) is 29.1 Å². The van der Waals surface area contributed by atoms with Crippen molar-refractivity contribution in [3.8, 4) is 11.8 Å². The molecule has 2 aliphatic carbocycles. The van der Waals surface area contributed by atoms with Gasteiger partial charge in [-0.3, -0.25) is 4.79 Å². The van der Waals surface area contributed by atoms with Crippen molar-refractivity contribution >= 4 is 46.1 Å². The molecule has 0 spiro atoms. The highest BCUT2D eigenvalue weighted by molar-refractivity contribution is 8.02. The highest BCUT2D eigenvalue weighted by Crippen LogP contribution is 2.45. The van der Waals surface area contributed by atoms with E-state index in [4.69, 9.17) is 26.4 Å². The first kappa shape index (κ1) is 26.8. The van der Waals surface area contributed by atoms with Crippen molar-refractivity contribution in [2.75, 3.05) is 13.2 Å². The van der Waals surface area contributed by atoms with Gasteiger partial charge in [0.25, 0.3) is 0 Å². The van der Waals surface area contributed by atoms with Gasteiger partial charge in [-0.25, -0.2) is 4.98 Å². The van der Waals surface area contributed by atoms with Crippen LogP contribution in [0.4, 0.5) is 0 Å². The van der Waals surface area contributed by atoms with Gasteiger partial charge in [-0.05, 0) is 54.5 Å². The number of thiazole rings is 1. The molecule has 2 atom stereocenters. The standard InChI is InChI=1S/C29H28ClN3O3S2/c1-17-13-19(30)7-10-22(17)28-32-20(15-37-28)16-38-29-23(14-31)26(27-24(33-29)3-2-4-25(27)35)18-5-8-21(9-6-18)36-12-11-34/h5-10,15,17,26,33-34H,2-4,11-13,16H2,1H3. The molecular formula is C29H28ClN3O3S2. The summed E-state index contributed by atoms with van der Waals surface area (Å²) in [7, 11) is 0. The summed E-state index contributed by atoms with van der Waals surface area (Å²) in [5, 5.41) is 27.5. The van der Waals surface area contributed by atoms with Crippen LogP contribution in [-0.2, 0) is 10.5 Å². The zero-order valence-corrected chi connectivity index (χ0v) is 23.4. The number of aromatic nitrogens is 1. The Morgan fingerprint density at radius 1 is 1.29 bits per heavy atom. The largest absolute Gasteiger partial charge is 0.491 e. The molecule has 5 rings (SSSR count). The van der Waals surface area contributed by atoms with Crippen molar-refractivity contribution in [1.29, 1.82) is 5.26 Å². The first-order valence-corrected chi connectivity index (χ1v) is 14.9. The first-order valence-electron chi connectivity index (χ1n) is 12.6. The molecule has 2 unspecified atom stereocenters. The number of benzene rings is 1. The van der Waals surface area contributed by atoms with Gasteiger partial charge in [0.2, 0.25) is 0 Å². The summed E-state index contributed by atoms with van der Waals surface area (Å²) in [6.45, 7) is 2.31. The molecule has 1 aromatic heterocycles. The number of rotatable bonds is 8. The van der Waals surface area contributed by atoms with Crippen LogP contribution in [0, 0.1) is 17.2 Å². The first-order chi connectivity index (χ1) is 18.5. The molecule has 0 bridgehead atoms. The molecule has 196 valence electrons. The molecule has 0 saturated carbocycles. The van der Waals surface area contributed by atoms with E-state index in [9.17, 15) is 10.1 Å². The Balaban J connectivity index is 1.41. The maximum absolute atomic E-state index is 13.1. The number of dihydropyridines is 1. The number of thioether (sulfide) groups is 1. The number of carbonyl (C=O) groups excluding carboxylic acids is 1. The predicted molar refractivity (Wildman–Crippen MR) is 153 cm³/mol. The third-order valence-corrected chi connectivity index (χ3v) is 9.15. The maximum Gasteiger partial charge on any atom is 0.161 e.